The molecule has 1 aromatic rings. The number of likely N-dealkylation sites (N-methyl/N-ethyl adjacent to an activating group) is 1. The number of aliphatic hydroxyl groups is 1. The molecule has 1 heterocycles. The maximum atomic E-state index is 12.6. The van der Waals surface area contributed by atoms with Gasteiger partial charge in [0, 0.05) is 12.6 Å². The zero-order chi connectivity index (χ0) is 14.8. The highest BCUT2D eigenvalue weighted by atomic mass is 16.6. The number of ether oxygens (including phenoxy) is 2. The number of nitrogens with zero attached hydrogens (tertiary/aromatic N) is 1. The Labute approximate surface area is 124 Å². The molecule has 0 spiro atoms. The molecule has 5 nitrogen and oxygen atoms in total. The minimum Gasteiger partial charge on any atom is -0.486 e. The van der Waals surface area contributed by atoms with Crippen molar-refractivity contribution in [1.82, 2.24) is 4.90 Å². The fourth-order valence-electron chi connectivity index (χ4n) is 3.07. The van der Waals surface area contributed by atoms with Crippen molar-refractivity contribution in [2.24, 2.45) is 0 Å². The van der Waals surface area contributed by atoms with E-state index in [9.17, 15) is 9.90 Å². The molecule has 1 fully saturated rings. The third-order valence-corrected chi connectivity index (χ3v) is 4.30. The van der Waals surface area contributed by atoms with Crippen LogP contribution in [0, 0.1) is 0 Å². The van der Waals surface area contributed by atoms with Crippen LogP contribution in [0.25, 0.3) is 0 Å². The summed E-state index contributed by atoms with van der Waals surface area (Å²) in [5, 5.41) is 10.1. The number of carbonyl (C=O) groups excluding carboxylic acids is 1. The number of fused-ring (bicyclic) bond motifs is 1. The van der Waals surface area contributed by atoms with Crippen LogP contribution in [-0.2, 0) is 0 Å². The Bertz CT molecular complexity index is 531. The molecule has 1 aliphatic carbocycles. The second-order valence-corrected chi connectivity index (χ2v) is 5.69. The van der Waals surface area contributed by atoms with Gasteiger partial charge < -0.3 is 19.5 Å². The average molecular weight is 291 g/mol. The molecule has 1 aromatic carbocycles. The maximum Gasteiger partial charge on any atom is 0.254 e. The maximum absolute atomic E-state index is 12.6. The van der Waals surface area contributed by atoms with E-state index in [1.807, 2.05) is 0 Å². The van der Waals surface area contributed by atoms with Gasteiger partial charge in [0.05, 0.1) is 12.1 Å². The lowest BCUT2D eigenvalue weighted by molar-refractivity contribution is 0.0267. The van der Waals surface area contributed by atoms with Crippen LogP contribution in [0.3, 0.4) is 0 Å². The average Bonchev–Trinajstić information content (AvgIpc) is 2.53. The summed E-state index contributed by atoms with van der Waals surface area (Å²) < 4.78 is 11.0. The van der Waals surface area contributed by atoms with E-state index in [-0.39, 0.29) is 11.9 Å². The van der Waals surface area contributed by atoms with E-state index in [1.165, 1.54) is 0 Å². The van der Waals surface area contributed by atoms with Crippen molar-refractivity contribution >= 4 is 5.91 Å². The highest BCUT2D eigenvalue weighted by Gasteiger charge is 2.30. The normalized spacial score (nSPS) is 24.5. The van der Waals surface area contributed by atoms with Crippen LogP contribution in [0.15, 0.2) is 18.2 Å². The summed E-state index contributed by atoms with van der Waals surface area (Å²) >= 11 is 0. The summed E-state index contributed by atoms with van der Waals surface area (Å²) in [6.07, 6.45) is 3.28. The molecule has 2 aliphatic rings. The van der Waals surface area contributed by atoms with Gasteiger partial charge >= 0.3 is 0 Å². The topological polar surface area (TPSA) is 59.0 Å². The molecular formula is C16H21NO4. The second-order valence-electron chi connectivity index (χ2n) is 5.69. The van der Waals surface area contributed by atoms with Gasteiger partial charge in [0.25, 0.3) is 5.91 Å². The van der Waals surface area contributed by atoms with Crippen LogP contribution in [0.4, 0.5) is 0 Å². The molecule has 0 saturated heterocycles. The van der Waals surface area contributed by atoms with E-state index in [1.54, 1.807) is 30.1 Å². The molecule has 21 heavy (non-hydrogen) atoms. The molecule has 1 aliphatic heterocycles. The van der Waals surface area contributed by atoms with Gasteiger partial charge in [-0.15, -0.1) is 0 Å². The van der Waals surface area contributed by atoms with E-state index < -0.39 is 6.10 Å². The monoisotopic (exact) mass is 291 g/mol. The third-order valence-electron chi connectivity index (χ3n) is 4.30. The first-order valence-corrected chi connectivity index (χ1v) is 7.51. The lowest BCUT2D eigenvalue weighted by Gasteiger charge is -2.35. The van der Waals surface area contributed by atoms with Gasteiger partial charge in [-0.05, 0) is 31.0 Å². The van der Waals surface area contributed by atoms with Gasteiger partial charge in [0.15, 0.2) is 11.5 Å². The fourth-order valence-corrected chi connectivity index (χ4v) is 3.07. The number of amides is 1. The van der Waals surface area contributed by atoms with E-state index >= 15 is 0 Å². The van der Waals surface area contributed by atoms with E-state index in [0.29, 0.717) is 30.3 Å². The Morgan fingerprint density at radius 3 is 2.67 bits per heavy atom. The minimum absolute atomic E-state index is 0.0853. The lowest BCUT2D eigenvalue weighted by atomic mass is 9.91. The van der Waals surface area contributed by atoms with Crippen LogP contribution >= 0.6 is 0 Å². The zero-order valence-electron chi connectivity index (χ0n) is 12.2. The van der Waals surface area contributed by atoms with E-state index in [2.05, 4.69) is 0 Å². The largest absolute Gasteiger partial charge is 0.486 e. The highest BCUT2D eigenvalue weighted by Crippen LogP contribution is 2.31. The molecule has 0 bridgehead atoms. The Balaban J connectivity index is 1.77. The lowest BCUT2D eigenvalue weighted by Crippen LogP contribution is -2.46. The SMILES string of the molecule is CN(C(=O)c1ccc2c(c1)OCCO2)[C@@H]1CCCC[C@H]1O. The van der Waals surface area contributed by atoms with Gasteiger partial charge in [-0.1, -0.05) is 12.8 Å². The van der Waals surface area contributed by atoms with Crippen LogP contribution in [-0.4, -0.2) is 48.3 Å². The summed E-state index contributed by atoms with van der Waals surface area (Å²) in [4.78, 5) is 14.3. The number of aliphatic hydroxyl groups excluding tert-OH is 1. The van der Waals surface area contributed by atoms with Crippen LogP contribution < -0.4 is 9.47 Å². The number of hydrogen-bond acceptors (Lipinski definition) is 4. The van der Waals surface area contributed by atoms with E-state index in [0.717, 1.165) is 25.7 Å². The molecule has 3 rings (SSSR count). The zero-order valence-corrected chi connectivity index (χ0v) is 12.2. The van der Waals surface area contributed by atoms with Crippen LogP contribution in [0.1, 0.15) is 36.0 Å². The molecular weight excluding hydrogens is 270 g/mol. The van der Waals surface area contributed by atoms with Crippen molar-refractivity contribution in [2.75, 3.05) is 20.3 Å². The Hall–Kier alpha value is -1.75. The molecule has 2 atom stereocenters. The first-order chi connectivity index (χ1) is 10.2. The van der Waals surface area contributed by atoms with E-state index in [4.69, 9.17) is 9.47 Å². The molecule has 5 heteroatoms. The summed E-state index contributed by atoms with van der Waals surface area (Å²) in [6.45, 7) is 1.04. The summed E-state index contributed by atoms with van der Waals surface area (Å²) in [6, 6.07) is 5.15. The van der Waals surface area contributed by atoms with Crippen molar-refractivity contribution in [3.8, 4) is 11.5 Å². The van der Waals surface area contributed by atoms with Crippen molar-refractivity contribution in [1.29, 1.82) is 0 Å². The molecule has 0 radical (unpaired) electrons. The van der Waals surface area contributed by atoms with Crippen molar-refractivity contribution in [3.05, 3.63) is 23.8 Å². The Morgan fingerprint density at radius 2 is 1.90 bits per heavy atom. The number of benzene rings is 1. The van der Waals surface area contributed by atoms with Gasteiger partial charge in [-0.2, -0.15) is 0 Å². The highest BCUT2D eigenvalue weighted by molar-refractivity contribution is 5.95. The molecule has 0 aromatic heterocycles. The van der Waals surface area contributed by atoms with Crippen molar-refractivity contribution in [2.45, 2.75) is 37.8 Å². The Kier molecular flexibility index (Phi) is 4.01. The Morgan fingerprint density at radius 1 is 1.19 bits per heavy atom. The molecule has 1 N–H and O–H groups in total. The van der Waals surface area contributed by atoms with Crippen molar-refractivity contribution in [3.63, 3.8) is 0 Å². The predicted octanol–water partition coefficient (Wildman–Crippen LogP) is 1.83. The first kappa shape index (κ1) is 14.2. The second kappa shape index (κ2) is 5.93. The van der Waals surface area contributed by atoms with Gasteiger partial charge in [0.1, 0.15) is 13.2 Å². The minimum atomic E-state index is -0.426. The number of hydrogen-bond donors (Lipinski definition) is 1. The quantitative estimate of drug-likeness (QED) is 0.903. The van der Waals surface area contributed by atoms with Crippen LogP contribution in [0.2, 0.25) is 0 Å². The first-order valence-electron chi connectivity index (χ1n) is 7.51. The molecule has 1 saturated carbocycles. The van der Waals surface area contributed by atoms with Gasteiger partial charge in [-0.3, -0.25) is 4.79 Å². The number of rotatable bonds is 2. The van der Waals surface area contributed by atoms with Gasteiger partial charge in [0.2, 0.25) is 0 Å². The van der Waals surface area contributed by atoms with Gasteiger partial charge in [-0.25, -0.2) is 0 Å². The summed E-state index contributed by atoms with van der Waals surface area (Å²) in [7, 11) is 1.76. The smallest absolute Gasteiger partial charge is 0.254 e. The summed E-state index contributed by atoms with van der Waals surface area (Å²) in [5.74, 6) is 1.21. The molecule has 0 unspecified atom stereocenters. The summed E-state index contributed by atoms with van der Waals surface area (Å²) in [5.41, 5.74) is 0.569. The fraction of sp³-hybridized carbons (Fsp3) is 0.562. The van der Waals surface area contributed by atoms with Crippen molar-refractivity contribution < 1.29 is 19.4 Å². The molecule has 114 valence electrons. The third kappa shape index (κ3) is 2.83. The number of carbonyl (C=O) groups is 1. The molecule has 1 amide bonds. The van der Waals surface area contributed by atoms with Crippen LogP contribution in [0.5, 0.6) is 11.5 Å². The standard InChI is InChI=1S/C16H21NO4/c1-17(12-4-2-3-5-13(12)18)16(19)11-6-7-14-15(10-11)21-9-8-20-14/h6-7,10,12-13,18H,2-5,8-9H2,1H3/t12-,13-/m1/s1. The predicted molar refractivity (Wildman–Crippen MR) is 77.8 cm³/mol.